The maximum atomic E-state index is 8.71. The third-order valence-corrected chi connectivity index (χ3v) is 2.92. The van der Waals surface area contributed by atoms with E-state index < -0.39 is 0 Å². The lowest BCUT2D eigenvalue weighted by Gasteiger charge is -2.08. The highest BCUT2D eigenvalue weighted by Gasteiger charge is 2.05. The number of hydrogen-bond donors (Lipinski definition) is 1. The van der Waals surface area contributed by atoms with Crippen LogP contribution in [0.1, 0.15) is 31.7 Å². The zero-order chi connectivity index (χ0) is 14.4. The van der Waals surface area contributed by atoms with Gasteiger partial charge < -0.3 is 9.94 Å². The first-order valence-electron chi connectivity index (χ1n) is 6.53. The topological polar surface area (TPSA) is 72.5 Å². The molecule has 2 rings (SSSR count). The molecule has 0 saturated heterocycles. The Kier molecular flexibility index (Phi) is 4.70. The first kappa shape index (κ1) is 14.0. The van der Waals surface area contributed by atoms with Crippen LogP contribution in [-0.2, 0) is 13.2 Å². The van der Waals surface area contributed by atoms with Gasteiger partial charge in [-0.2, -0.15) is 5.10 Å². The van der Waals surface area contributed by atoms with Crippen LogP contribution in [0.5, 0.6) is 5.75 Å². The Bertz CT molecular complexity index is 575. The van der Waals surface area contributed by atoms with Crippen molar-refractivity contribution in [2.24, 2.45) is 5.16 Å². The van der Waals surface area contributed by atoms with Crippen LogP contribution in [0.4, 0.5) is 0 Å². The molecule has 0 saturated carbocycles. The minimum absolute atomic E-state index is 0.381. The van der Waals surface area contributed by atoms with Crippen LogP contribution < -0.4 is 4.74 Å². The number of benzene rings is 1. The molecule has 0 bridgehead atoms. The Balaban J connectivity index is 1.98. The molecular formula is C14H18N4O2. The maximum Gasteiger partial charge on any atom is 0.164 e. The molecule has 1 N–H and O–H groups in total. The third-order valence-electron chi connectivity index (χ3n) is 2.92. The van der Waals surface area contributed by atoms with Gasteiger partial charge in [0, 0.05) is 6.54 Å². The average Bonchev–Trinajstić information content (AvgIpc) is 2.92. The van der Waals surface area contributed by atoms with Crippen LogP contribution >= 0.6 is 0 Å². The SMILES string of the molecule is CCCn1ncnc1COc1ccc(C(C)=NO)cc1. The van der Waals surface area contributed by atoms with Gasteiger partial charge in [0.25, 0.3) is 0 Å². The van der Waals surface area contributed by atoms with E-state index in [0.717, 1.165) is 30.1 Å². The van der Waals surface area contributed by atoms with E-state index >= 15 is 0 Å². The Labute approximate surface area is 117 Å². The molecule has 1 heterocycles. The summed E-state index contributed by atoms with van der Waals surface area (Å²) < 4.78 is 7.52. The molecule has 106 valence electrons. The Hall–Kier alpha value is -2.37. The first-order valence-corrected chi connectivity index (χ1v) is 6.53. The van der Waals surface area contributed by atoms with Crippen LogP contribution in [0.25, 0.3) is 0 Å². The number of aryl methyl sites for hydroxylation is 1. The zero-order valence-electron chi connectivity index (χ0n) is 11.7. The molecule has 0 aliphatic heterocycles. The Morgan fingerprint density at radius 2 is 2.10 bits per heavy atom. The van der Waals surface area contributed by atoms with Gasteiger partial charge in [0.05, 0.1) is 5.71 Å². The predicted molar refractivity (Wildman–Crippen MR) is 75.1 cm³/mol. The number of ether oxygens (including phenoxy) is 1. The predicted octanol–water partition coefficient (Wildman–Crippen LogP) is 2.47. The second kappa shape index (κ2) is 6.70. The maximum absolute atomic E-state index is 8.71. The number of nitrogens with zero attached hydrogens (tertiary/aromatic N) is 4. The highest BCUT2D eigenvalue weighted by molar-refractivity contribution is 5.98. The average molecular weight is 274 g/mol. The van der Waals surface area contributed by atoms with Gasteiger partial charge in [-0.3, -0.25) is 0 Å². The van der Waals surface area contributed by atoms with Gasteiger partial charge in [0.2, 0.25) is 0 Å². The molecule has 6 nitrogen and oxygen atoms in total. The van der Waals surface area contributed by atoms with Gasteiger partial charge in [-0.05, 0) is 43.2 Å². The van der Waals surface area contributed by atoms with Crippen LogP contribution in [-0.4, -0.2) is 25.7 Å². The fourth-order valence-electron chi connectivity index (χ4n) is 1.80. The van der Waals surface area contributed by atoms with Crippen molar-refractivity contribution in [1.82, 2.24) is 14.8 Å². The van der Waals surface area contributed by atoms with E-state index in [-0.39, 0.29) is 0 Å². The molecule has 1 aromatic heterocycles. The van der Waals surface area contributed by atoms with Crippen LogP contribution in [0.15, 0.2) is 35.7 Å². The number of oxime groups is 1. The second-order valence-corrected chi connectivity index (χ2v) is 4.40. The van der Waals surface area contributed by atoms with Crippen molar-refractivity contribution in [1.29, 1.82) is 0 Å². The Morgan fingerprint density at radius 3 is 2.75 bits per heavy atom. The van der Waals surface area contributed by atoms with Gasteiger partial charge in [-0.15, -0.1) is 0 Å². The van der Waals surface area contributed by atoms with Gasteiger partial charge in [0.15, 0.2) is 5.82 Å². The number of aromatic nitrogens is 3. The smallest absolute Gasteiger partial charge is 0.164 e. The third kappa shape index (κ3) is 3.34. The monoisotopic (exact) mass is 274 g/mol. The molecule has 0 atom stereocenters. The van der Waals surface area contributed by atoms with E-state index in [9.17, 15) is 0 Å². The van der Waals surface area contributed by atoms with Crippen molar-refractivity contribution in [2.75, 3.05) is 0 Å². The number of rotatable bonds is 6. The zero-order valence-corrected chi connectivity index (χ0v) is 11.7. The summed E-state index contributed by atoms with van der Waals surface area (Å²) in [7, 11) is 0. The normalized spacial score (nSPS) is 11.6. The second-order valence-electron chi connectivity index (χ2n) is 4.40. The van der Waals surface area contributed by atoms with E-state index in [1.54, 1.807) is 13.3 Å². The Morgan fingerprint density at radius 1 is 1.35 bits per heavy atom. The largest absolute Gasteiger partial charge is 0.486 e. The van der Waals surface area contributed by atoms with Crippen molar-refractivity contribution in [2.45, 2.75) is 33.4 Å². The molecule has 0 aliphatic rings. The fraction of sp³-hybridized carbons (Fsp3) is 0.357. The quantitative estimate of drug-likeness (QED) is 0.499. The van der Waals surface area contributed by atoms with Crippen molar-refractivity contribution in [3.8, 4) is 5.75 Å². The van der Waals surface area contributed by atoms with Crippen LogP contribution in [0.3, 0.4) is 0 Å². The number of hydrogen-bond acceptors (Lipinski definition) is 5. The lowest BCUT2D eigenvalue weighted by Crippen LogP contribution is -2.08. The molecule has 0 spiro atoms. The lowest BCUT2D eigenvalue weighted by molar-refractivity contribution is 0.286. The minimum Gasteiger partial charge on any atom is -0.486 e. The summed E-state index contributed by atoms with van der Waals surface area (Å²) in [5.74, 6) is 1.55. The molecule has 6 heteroatoms. The highest BCUT2D eigenvalue weighted by Crippen LogP contribution is 2.14. The molecule has 0 radical (unpaired) electrons. The molecule has 0 amide bonds. The summed E-state index contributed by atoms with van der Waals surface area (Å²) in [4.78, 5) is 4.18. The minimum atomic E-state index is 0.381. The van der Waals surface area contributed by atoms with E-state index in [2.05, 4.69) is 22.2 Å². The summed E-state index contributed by atoms with van der Waals surface area (Å²) in [5.41, 5.74) is 1.42. The molecule has 20 heavy (non-hydrogen) atoms. The van der Waals surface area contributed by atoms with E-state index in [4.69, 9.17) is 9.94 Å². The molecule has 0 aliphatic carbocycles. The fourth-order valence-corrected chi connectivity index (χ4v) is 1.80. The summed E-state index contributed by atoms with van der Waals surface area (Å²) in [6, 6.07) is 7.37. The van der Waals surface area contributed by atoms with Gasteiger partial charge >= 0.3 is 0 Å². The molecular weight excluding hydrogens is 256 g/mol. The van der Waals surface area contributed by atoms with E-state index in [0.29, 0.717) is 12.3 Å². The molecule has 1 aromatic carbocycles. The lowest BCUT2D eigenvalue weighted by atomic mass is 10.1. The molecule has 0 unspecified atom stereocenters. The van der Waals surface area contributed by atoms with Gasteiger partial charge in [-0.1, -0.05) is 12.1 Å². The summed E-state index contributed by atoms with van der Waals surface area (Å²) in [5, 5.41) is 16.0. The summed E-state index contributed by atoms with van der Waals surface area (Å²) >= 11 is 0. The standard InChI is InChI=1S/C14H18N4O2/c1-3-8-18-14(15-10-16-18)9-20-13-6-4-12(5-7-13)11(2)17-19/h4-7,10,19H,3,8-9H2,1-2H3. The highest BCUT2D eigenvalue weighted by atomic mass is 16.5. The van der Waals surface area contributed by atoms with Gasteiger partial charge in [0.1, 0.15) is 18.7 Å². The van der Waals surface area contributed by atoms with Crippen molar-refractivity contribution in [3.05, 3.63) is 42.0 Å². The van der Waals surface area contributed by atoms with Gasteiger partial charge in [-0.25, -0.2) is 9.67 Å². The summed E-state index contributed by atoms with van der Waals surface area (Å²) in [6.07, 6.45) is 2.54. The van der Waals surface area contributed by atoms with Crippen LogP contribution in [0.2, 0.25) is 0 Å². The summed E-state index contributed by atoms with van der Waals surface area (Å²) in [6.45, 7) is 5.05. The van der Waals surface area contributed by atoms with Crippen molar-refractivity contribution in [3.63, 3.8) is 0 Å². The molecule has 2 aromatic rings. The molecule has 0 fully saturated rings. The van der Waals surface area contributed by atoms with Crippen molar-refractivity contribution < 1.29 is 9.94 Å². The first-order chi connectivity index (χ1) is 9.74. The van der Waals surface area contributed by atoms with E-state index in [1.165, 1.54) is 0 Å². The van der Waals surface area contributed by atoms with Crippen molar-refractivity contribution >= 4 is 5.71 Å². The van der Waals surface area contributed by atoms with E-state index in [1.807, 2.05) is 28.9 Å². The van der Waals surface area contributed by atoms with Crippen LogP contribution in [0, 0.1) is 0 Å².